The lowest BCUT2D eigenvalue weighted by Crippen LogP contribution is -2.39. The fourth-order valence-corrected chi connectivity index (χ4v) is 4.51. The van der Waals surface area contributed by atoms with Crippen LogP contribution in [0.4, 0.5) is 5.13 Å². The van der Waals surface area contributed by atoms with Crippen LogP contribution in [0.15, 0.2) is 36.4 Å². The molecular formula is C20H21Cl4N3OS. The molecule has 4 nitrogen and oxygen atoms in total. The number of hydrogen-bond donors (Lipinski definition) is 0. The zero-order valence-corrected chi connectivity index (χ0v) is 19.9. The molecule has 0 fully saturated rings. The van der Waals surface area contributed by atoms with Crippen LogP contribution in [0.5, 0.6) is 0 Å². The molecule has 1 aromatic heterocycles. The van der Waals surface area contributed by atoms with Crippen molar-refractivity contribution in [3.05, 3.63) is 57.0 Å². The number of rotatable bonds is 7. The van der Waals surface area contributed by atoms with Gasteiger partial charge in [-0.25, -0.2) is 4.98 Å². The summed E-state index contributed by atoms with van der Waals surface area (Å²) in [7, 11) is 0. The standard InChI is InChI=1S/C20H20Cl3N3OS.ClH/c1-3-25(4-2)9-10-26(19(27)15-11-13(21)5-7-16(15)23)20-24-17-8-6-14(22)12-18(17)28-20;/h5-8,11-12H,3-4,9-10H2,1-2H3;1H. The first-order chi connectivity index (χ1) is 13.4. The third kappa shape index (κ3) is 5.75. The van der Waals surface area contributed by atoms with Crippen LogP contribution in [-0.4, -0.2) is 42.0 Å². The first-order valence-electron chi connectivity index (χ1n) is 8.98. The van der Waals surface area contributed by atoms with E-state index in [1.807, 2.05) is 12.1 Å². The van der Waals surface area contributed by atoms with Gasteiger partial charge in [0.2, 0.25) is 0 Å². The molecule has 0 radical (unpaired) electrons. The van der Waals surface area contributed by atoms with Gasteiger partial charge >= 0.3 is 0 Å². The Kier molecular flexibility index (Phi) is 9.01. The number of nitrogens with zero attached hydrogens (tertiary/aromatic N) is 3. The van der Waals surface area contributed by atoms with E-state index in [-0.39, 0.29) is 18.3 Å². The third-order valence-corrected chi connectivity index (χ3v) is 6.35. The van der Waals surface area contributed by atoms with Crippen molar-refractivity contribution in [2.75, 3.05) is 31.1 Å². The lowest BCUT2D eigenvalue weighted by molar-refractivity contribution is 0.0984. The van der Waals surface area contributed by atoms with Crippen molar-refractivity contribution in [3.63, 3.8) is 0 Å². The smallest absolute Gasteiger partial charge is 0.261 e. The van der Waals surface area contributed by atoms with Crippen molar-refractivity contribution in [2.45, 2.75) is 13.8 Å². The molecule has 0 aliphatic rings. The van der Waals surface area contributed by atoms with Gasteiger partial charge in [-0.05, 0) is 49.5 Å². The summed E-state index contributed by atoms with van der Waals surface area (Å²) in [6, 6.07) is 10.4. The fraction of sp³-hybridized carbons (Fsp3) is 0.300. The van der Waals surface area contributed by atoms with Crippen molar-refractivity contribution in [3.8, 4) is 0 Å². The van der Waals surface area contributed by atoms with E-state index in [0.29, 0.717) is 32.3 Å². The molecule has 9 heteroatoms. The average Bonchev–Trinajstić information content (AvgIpc) is 3.09. The Hall–Kier alpha value is -1.08. The van der Waals surface area contributed by atoms with E-state index < -0.39 is 0 Å². The van der Waals surface area contributed by atoms with Crippen molar-refractivity contribution in [2.24, 2.45) is 0 Å². The van der Waals surface area contributed by atoms with E-state index in [4.69, 9.17) is 34.8 Å². The molecular weight excluding hydrogens is 472 g/mol. The number of anilines is 1. The predicted molar refractivity (Wildman–Crippen MR) is 128 cm³/mol. The van der Waals surface area contributed by atoms with Crippen LogP contribution in [0.3, 0.4) is 0 Å². The predicted octanol–water partition coefficient (Wildman–Crippen LogP) is 6.67. The number of benzene rings is 2. The van der Waals surface area contributed by atoms with Crippen LogP contribution < -0.4 is 4.90 Å². The summed E-state index contributed by atoms with van der Waals surface area (Å²) in [5.74, 6) is -0.218. The van der Waals surface area contributed by atoms with Gasteiger partial charge in [-0.2, -0.15) is 0 Å². The Morgan fingerprint density at radius 1 is 1.00 bits per heavy atom. The average molecular weight is 493 g/mol. The number of amides is 1. The van der Waals surface area contributed by atoms with E-state index in [1.165, 1.54) is 11.3 Å². The number of fused-ring (bicyclic) bond motifs is 1. The molecule has 1 amide bonds. The van der Waals surface area contributed by atoms with Crippen LogP contribution in [-0.2, 0) is 0 Å². The number of aromatic nitrogens is 1. The minimum atomic E-state index is -0.218. The topological polar surface area (TPSA) is 36.4 Å². The Morgan fingerprint density at radius 3 is 2.34 bits per heavy atom. The van der Waals surface area contributed by atoms with Crippen LogP contribution in [0.2, 0.25) is 15.1 Å². The van der Waals surface area contributed by atoms with Crippen molar-refractivity contribution in [1.29, 1.82) is 0 Å². The summed E-state index contributed by atoms with van der Waals surface area (Å²) in [4.78, 5) is 21.9. The van der Waals surface area contributed by atoms with Gasteiger partial charge < -0.3 is 4.90 Å². The molecule has 29 heavy (non-hydrogen) atoms. The molecule has 0 saturated heterocycles. The molecule has 0 spiro atoms. The maximum absolute atomic E-state index is 13.4. The lowest BCUT2D eigenvalue weighted by atomic mass is 10.2. The van der Waals surface area contributed by atoms with Gasteiger partial charge in [0.15, 0.2) is 5.13 Å². The largest absolute Gasteiger partial charge is 0.302 e. The maximum Gasteiger partial charge on any atom is 0.261 e. The fourth-order valence-electron chi connectivity index (χ4n) is 2.87. The number of thiazole rings is 1. The molecule has 0 atom stereocenters. The molecule has 0 aliphatic carbocycles. The van der Waals surface area contributed by atoms with Gasteiger partial charge in [-0.3, -0.25) is 9.69 Å². The molecule has 156 valence electrons. The zero-order chi connectivity index (χ0) is 20.3. The number of halogens is 4. The van der Waals surface area contributed by atoms with Crippen LogP contribution in [0, 0.1) is 0 Å². The molecule has 3 rings (SSSR count). The van der Waals surface area contributed by atoms with Crippen molar-refractivity contribution < 1.29 is 4.79 Å². The minimum Gasteiger partial charge on any atom is -0.302 e. The number of carbonyl (C=O) groups is 1. The summed E-state index contributed by atoms with van der Waals surface area (Å²) < 4.78 is 0.931. The van der Waals surface area contributed by atoms with Gasteiger partial charge in [0.25, 0.3) is 5.91 Å². The van der Waals surface area contributed by atoms with Crippen LogP contribution in [0.25, 0.3) is 10.2 Å². The number of hydrogen-bond acceptors (Lipinski definition) is 4. The van der Waals surface area contributed by atoms with E-state index >= 15 is 0 Å². The molecule has 0 N–H and O–H groups in total. The Bertz CT molecular complexity index is 991. The highest BCUT2D eigenvalue weighted by molar-refractivity contribution is 7.22. The maximum atomic E-state index is 13.4. The van der Waals surface area contributed by atoms with Crippen molar-refractivity contribution >= 4 is 79.8 Å². The van der Waals surface area contributed by atoms with Gasteiger partial charge in [-0.1, -0.05) is 60.0 Å². The monoisotopic (exact) mass is 491 g/mol. The highest BCUT2D eigenvalue weighted by Gasteiger charge is 2.24. The molecule has 0 aliphatic heterocycles. The molecule has 0 unspecified atom stereocenters. The summed E-state index contributed by atoms with van der Waals surface area (Å²) >= 11 is 19.9. The van der Waals surface area contributed by atoms with E-state index in [9.17, 15) is 4.79 Å². The van der Waals surface area contributed by atoms with E-state index in [2.05, 4.69) is 23.7 Å². The van der Waals surface area contributed by atoms with Crippen LogP contribution in [0.1, 0.15) is 24.2 Å². The van der Waals surface area contributed by atoms with Crippen molar-refractivity contribution in [1.82, 2.24) is 9.88 Å². The quantitative estimate of drug-likeness (QED) is 0.369. The third-order valence-electron chi connectivity index (χ3n) is 4.51. The van der Waals surface area contributed by atoms with E-state index in [1.54, 1.807) is 29.2 Å². The normalized spacial score (nSPS) is 11.0. The van der Waals surface area contributed by atoms with Crippen LogP contribution >= 0.6 is 58.5 Å². The minimum absolute atomic E-state index is 0. The second kappa shape index (κ2) is 10.8. The summed E-state index contributed by atoms with van der Waals surface area (Å²) in [5, 5.41) is 2.09. The highest BCUT2D eigenvalue weighted by Crippen LogP contribution is 2.32. The number of carbonyl (C=O) groups excluding carboxylic acids is 1. The zero-order valence-electron chi connectivity index (χ0n) is 16.0. The van der Waals surface area contributed by atoms with Gasteiger partial charge in [-0.15, -0.1) is 12.4 Å². The first-order valence-corrected chi connectivity index (χ1v) is 10.9. The van der Waals surface area contributed by atoms with E-state index in [0.717, 1.165) is 29.9 Å². The number of likely N-dealkylation sites (N-methyl/N-ethyl adjacent to an activating group) is 1. The van der Waals surface area contributed by atoms with Gasteiger partial charge in [0.05, 0.1) is 20.8 Å². The Labute approximate surface area is 195 Å². The second-order valence-electron chi connectivity index (χ2n) is 6.22. The summed E-state index contributed by atoms with van der Waals surface area (Å²) in [5.41, 5.74) is 1.17. The Morgan fingerprint density at radius 2 is 1.66 bits per heavy atom. The molecule has 0 saturated carbocycles. The summed E-state index contributed by atoms with van der Waals surface area (Å²) in [6.07, 6.45) is 0. The molecule has 1 heterocycles. The SMILES string of the molecule is CCN(CC)CCN(C(=O)c1cc(Cl)ccc1Cl)c1nc2ccc(Cl)cc2s1.Cl. The second-order valence-corrected chi connectivity index (χ2v) is 8.51. The Balaban J connectivity index is 0.00000300. The highest BCUT2D eigenvalue weighted by atomic mass is 35.5. The molecule has 0 bridgehead atoms. The molecule has 3 aromatic rings. The van der Waals surface area contributed by atoms with Gasteiger partial charge in [0, 0.05) is 23.1 Å². The lowest BCUT2D eigenvalue weighted by Gasteiger charge is -2.25. The first kappa shape index (κ1) is 24.2. The summed E-state index contributed by atoms with van der Waals surface area (Å²) in [6.45, 7) is 7.24. The van der Waals surface area contributed by atoms with Gasteiger partial charge in [0.1, 0.15) is 0 Å². The molecule has 2 aromatic carbocycles.